The van der Waals surface area contributed by atoms with Crippen LogP contribution in [-0.2, 0) is 6.54 Å². The van der Waals surface area contributed by atoms with Crippen molar-refractivity contribution in [2.24, 2.45) is 5.92 Å². The molecule has 0 saturated heterocycles. The largest absolute Gasteiger partial charge is 0.387 e. The molecule has 2 N–H and O–H groups in total. The smallest absolute Gasteiger partial charge is 0.290 e. The second-order valence-corrected chi connectivity index (χ2v) is 7.19. The molecule has 0 bridgehead atoms. The van der Waals surface area contributed by atoms with E-state index in [4.69, 9.17) is 4.52 Å². The van der Waals surface area contributed by atoms with Crippen molar-refractivity contribution in [3.05, 3.63) is 47.6 Å². The average Bonchev–Trinajstić information content (AvgIpc) is 3.29. The molecule has 150 valence electrons. The molecule has 1 saturated carbocycles. The fraction of sp³-hybridized carbons (Fsp3) is 0.500. The van der Waals surface area contributed by atoms with E-state index in [1.807, 2.05) is 25.2 Å². The van der Waals surface area contributed by atoms with Gasteiger partial charge < -0.3 is 14.9 Å². The molecule has 0 aromatic carbocycles. The fourth-order valence-corrected chi connectivity index (χ4v) is 3.29. The molecule has 8 nitrogen and oxygen atoms in total. The lowest BCUT2D eigenvalue weighted by molar-refractivity contribution is 0.0842. The molecule has 0 spiro atoms. The number of carbonyl (C=O) groups is 1. The van der Waals surface area contributed by atoms with Gasteiger partial charge in [-0.1, -0.05) is 35.5 Å². The number of nitrogens with zero attached hydrogens (tertiary/aromatic N) is 4. The second-order valence-electron chi connectivity index (χ2n) is 7.19. The van der Waals surface area contributed by atoms with Crippen molar-refractivity contribution >= 4 is 11.5 Å². The highest BCUT2D eigenvalue weighted by Crippen LogP contribution is 2.29. The Morgan fingerprint density at radius 1 is 1.50 bits per heavy atom. The second kappa shape index (κ2) is 8.97. The van der Waals surface area contributed by atoms with Gasteiger partial charge in [0.1, 0.15) is 11.4 Å². The van der Waals surface area contributed by atoms with Gasteiger partial charge in [0.2, 0.25) is 5.76 Å². The van der Waals surface area contributed by atoms with Crippen molar-refractivity contribution in [3.63, 3.8) is 0 Å². The van der Waals surface area contributed by atoms with Gasteiger partial charge in [0.15, 0.2) is 0 Å². The Bertz CT molecular complexity index is 859. The zero-order chi connectivity index (χ0) is 20.1. The Morgan fingerprint density at radius 2 is 2.29 bits per heavy atom. The number of carbonyl (C=O) groups excluding carboxylic acids is 1. The summed E-state index contributed by atoms with van der Waals surface area (Å²) in [5.74, 6) is 0.409. The molecule has 2 heterocycles. The van der Waals surface area contributed by atoms with E-state index in [-0.39, 0.29) is 17.7 Å². The van der Waals surface area contributed by atoms with Crippen LogP contribution in [0.5, 0.6) is 0 Å². The Morgan fingerprint density at radius 3 is 2.93 bits per heavy atom. The predicted octanol–water partition coefficient (Wildman–Crippen LogP) is 2.90. The molecular weight excluding hydrogens is 358 g/mol. The Balaban J connectivity index is 1.49. The van der Waals surface area contributed by atoms with Crippen molar-refractivity contribution in [3.8, 4) is 0 Å². The highest BCUT2D eigenvalue weighted by molar-refractivity contribution is 5.92. The van der Waals surface area contributed by atoms with Crippen LogP contribution in [0.15, 0.2) is 35.0 Å². The minimum Gasteiger partial charge on any atom is -0.387 e. The van der Waals surface area contributed by atoms with E-state index in [0.717, 1.165) is 31.4 Å². The van der Waals surface area contributed by atoms with Gasteiger partial charge in [0.25, 0.3) is 5.91 Å². The first-order chi connectivity index (χ1) is 13.5. The van der Waals surface area contributed by atoms with Crippen LogP contribution in [0, 0.1) is 5.92 Å². The zero-order valence-electron chi connectivity index (χ0n) is 16.5. The third kappa shape index (κ3) is 4.75. The number of aliphatic hydroxyl groups is 1. The van der Waals surface area contributed by atoms with Gasteiger partial charge in [-0.05, 0) is 44.6 Å². The molecular formula is C20H27N5O3. The molecule has 1 atom stereocenters. The van der Waals surface area contributed by atoms with E-state index >= 15 is 0 Å². The summed E-state index contributed by atoms with van der Waals surface area (Å²) >= 11 is 0. The number of aliphatic hydroxyl groups excluding tert-OH is 1. The lowest BCUT2D eigenvalue weighted by Gasteiger charge is -2.35. The van der Waals surface area contributed by atoms with Crippen molar-refractivity contribution in [1.29, 1.82) is 0 Å². The van der Waals surface area contributed by atoms with Crippen molar-refractivity contribution < 1.29 is 14.4 Å². The molecule has 0 aliphatic heterocycles. The van der Waals surface area contributed by atoms with Crippen molar-refractivity contribution in [2.45, 2.75) is 58.7 Å². The molecule has 2 aromatic heterocycles. The summed E-state index contributed by atoms with van der Waals surface area (Å²) in [4.78, 5) is 12.4. The summed E-state index contributed by atoms with van der Waals surface area (Å²) in [6.07, 6.45) is 9.70. The summed E-state index contributed by atoms with van der Waals surface area (Å²) in [7, 11) is 0. The third-order valence-electron chi connectivity index (χ3n) is 4.80. The Kier molecular flexibility index (Phi) is 6.41. The molecule has 2 aromatic rings. The van der Waals surface area contributed by atoms with E-state index < -0.39 is 6.10 Å². The van der Waals surface area contributed by atoms with E-state index in [1.54, 1.807) is 23.9 Å². The maximum absolute atomic E-state index is 12.4. The first-order valence-electron chi connectivity index (χ1n) is 9.69. The SMILES string of the molecule is C/C=C\C(=C/CC)c1cc(C(=O)NC2CC(Cn3cc([C@H](C)O)nn3)C2)on1. The highest BCUT2D eigenvalue weighted by atomic mass is 16.5. The molecule has 3 rings (SSSR count). The van der Waals surface area contributed by atoms with Crippen molar-refractivity contribution in [1.82, 2.24) is 25.5 Å². The molecule has 28 heavy (non-hydrogen) atoms. The number of hydrogen-bond acceptors (Lipinski definition) is 6. The quantitative estimate of drug-likeness (QED) is 0.677. The van der Waals surface area contributed by atoms with Gasteiger partial charge in [-0.15, -0.1) is 5.10 Å². The van der Waals surface area contributed by atoms with Gasteiger partial charge in [0.05, 0.1) is 12.3 Å². The van der Waals surface area contributed by atoms with Gasteiger partial charge in [-0.3, -0.25) is 9.48 Å². The van der Waals surface area contributed by atoms with Crippen LogP contribution in [0.4, 0.5) is 0 Å². The van der Waals surface area contributed by atoms with E-state index in [2.05, 4.69) is 27.7 Å². The number of amides is 1. The van der Waals surface area contributed by atoms with Gasteiger partial charge in [-0.25, -0.2) is 0 Å². The van der Waals surface area contributed by atoms with Crippen LogP contribution in [-0.4, -0.2) is 37.2 Å². The Hall–Kier alpha value is -2.74. The Labute approximate surface area is 164 Å². The van der Waals surface area contributed by atoms with Gasteiger partial charge in [0, 0.05) is 18.7 Å². The normalized spacial score (nSPS) is 20.9. The van der Waals surface area contributed by atoms with Gasteiger partial charge >= 0.3 is 0 Å². The van der Waals surface area contributed by atoms with Crippen LogP contribution in [0.2, 0.25) is 0 Å². The maximum Gasteiger partial charge on any atom is 0.290 e. The predicted molar refractivity (Wildman–Crippen MR) is 104 cm³/mol. The minimum atomic E-state index is -0.616. The maximum atomic E-state index is 12.4. The van der Waals surface area contributed by atoms with Gasteiger partial charge in [-0.2, -0.15) is 0 Å². The summed E-state index contributed by atoms with van der Waals surface area (Å²) < 4.78 is 6.98. The van der Waals surface area contributed by atoms with Crippen LogP contribution in [0.3, 0.4) is 0 Å². The zero-order valence-corrected chi connectivity index (χ0v) is 16.5. The number of hydrogen-bond donors (Lipinski definition) is 2. The summed E-state index contributed by atoms with van der Waals surface area (Å²) in [6, 6.07) is 1.80. The van der Waals surface area contributed by atoms with E-state index in [0.29, 0.717) is 17.3 Å². The number of nitrogens with one attached hydrogen (secondary N) is 1. The first-order valence-corrected chi connectivity index (χ1v) is 9.69. The number of aromatic nitrogens is 4. The lowest BCUT2D eigenvalue weighted by atomic mass is 9.80. The van der Waals surface area contributed by atoms with E-state index in [1.165, 1.54) is 0 Å². The van der Waals surface area contributed by atoms with Crippen molar-refractivity contribution in [2.75, 3.05) is 0 Å². The highest BCUT2D eigenvalue weighted by Gasteiger charge is 2.32. The fourth-order valence-electron chi connectivity index (χ4n) is 3.29. The lowest BCUT2D eigenvalue weighted by Crippen LogP contribution is -2.45. The minimum absolute atomic E-state index is 0.118. The average molecular weight is 385 g/mol. The number of allylic oxidation sites excluding steroid dienone is 4. The number of rotatable bonds is 8. The van der Waals surface area contributed by atoms with E-state index in [9.17, 15) is 9.90 Å². The molecule has 0 unspecified atom stereocenters. The summed E-state index contributed by atoms with van der Waals surface area (Å²) in [5.41, 5.74) is 2.18. The van der Waals surface area contributed by atoms with Crippen LogP contribution in [0.25, 0.3) is 5.57 Å². The standard InChI is InChI=1S/C20H27N5O3/c1-4-6-15(7-5-2)17-10-19(28-23-17)20(27)21-16-8-14(9-16)11-25-12-18(13(3)26)22-24-25/h4,6-7,10,12-14,16,26H,5,8-9,11H2,1-3H3,(H,21,27)/b6-4-,15-7+/t13-,14?,16?/m0/s1. The molecule has 8 heteroatoms. The summed E-state index contributed by atoms with van der Waals surface area (Å²) in [6.45, 7) is 6.38. The monoisotopic (exact) mass is 385 g/mol. The van der Waals surface area contributed by atoms with Crippen LogP contribution < -0.4 is 5.32 Å². The third-order valence-corrected chi connectivity index (χ3v) is 4.80. The first kappa shape index (κ1) is 20.0. The van der Waals surface area contributed by atoms with Crippen LogP contribution in [0.1, 0.15) is 68.1 Å². The molecule has 1 amide bonds. The molecule has 1 fully saturated rings. The van der Waals surface area contributed by atoms with Crippen LogP contribution >= 0.6 is 0 Å². The molecule has 1 aliphatic carbocycles. The summed E-state index contributed by atoms with van der Waals surface area (Å²) in [5, 5.41) is 24.5. The molecule has 0 radical (unpaired) electrons. The molecule has 1 aliphatic rings. The topological polar surface area (TPSA) is 106 Å².